The van der Waals surface area contributed by atoms with Crippen molar-refractivity contribution in [3.63, 3.8) is 0 Å². The molecule has 1 aliphatic heterocycles. The molecule has 2 heterocycles. The summed E-state index contributed by atoms with van der Waals surface area (Å²) in [5.74, 6) is 0. The molecule has 0 bridgehead atoms. The summed E-state index contributed by atoms with van der Waals surface area (Å²) in [5, 5.41) is 2.32. The number of rotatable bonds is 1. The Bertz CT molecular complexity index is 788. The number of anilines is 1. The molecule has 3 aromatic rings. The lowest BCUT2D eigenvalue weighted by molar-refractivity contribution is 0.574. The maximum absolute atomic E-state index is 6.02. The fraction of sp³-hybridized carbons (Fsp3) is 0.0625. The van der Waals surface area contributed by atoms with Crippen molar-refractivity contribution in [3.8, 4) is 0 Å². The van der Waals surface area contributed by atoms with Crippen LogP contribution in [0.25, 0.3) is 21.9 Å². The van der Waals surface area contributed by atoms with Crippen LogP contribution in [-0.2, 0) is 0 Å². The number of benzene rings is 2. The van der Waals surface area contributed by atoms with Crippen molar-refractivity contribution in [1.29, 1.82) is 0 Å². The van der Waals surface area contributed by atoms with Gasteiger partial charge in [0.15, 0.2) is 5.58 Å². The van der Waals surface area contributed by atoms with E-state index in [2.05, 4.69) is 29.2 Å². The number of hydrogen-bond acceptors (Lipinski definition) is 3. The fourth-order valence-electron chi connectivity index (χ4n) is 2.53. The van der Waals surface area contributed by atoms with Gasteiger partial charge in [-0.15, -0.1) is 0 Å². The van der Waals surface area contributed by atoms with Gasteiger partial charge >= 0.3 is 0 Å². The first-order valence-electron chi connectivity index (χ1n) is 6.27. The molecule has 0 amide bonds. The predicted molar refractivity (Wildman–Crippen MR) is 77.4 cm³/mol. The summed E-state index contributed by atoms with van der Waals surface area (Å²) in [6.07, 6.45) is 4.05. The molecule has 3 nitrogen and oxygen atoms in total. The highest BCUT2D eigenvalue weighted by Gasteiger charge is 2.17. The monoisotopic (exact) mass is 249 g/mol. The molecule has 1 radical (unpaired) electrons. The molecule has 3 heteroatoms. The van der Waals surface area contributed by atoms with Crippen LogP contribution in [0.4, 0.5) is 5.69 Å². The zero-order valence-electron chi connectivity index (χ0n) is 10.6. The summed E-state index contributed by atoms with van der Waals surface area (Å²) in [7, 11) is 2.01. The third kappa shape index (κ3) is 1.51. The molecule has 0 unspecified atom stereocenters. The van der Waals surface area contributed by atoms with Gasteiger partial charge in [0.05, 0.1) is 5.69 Å². The molecule has 1 aromatic heterocycles. The van der Waals surface area contributed by atoms with Crippen molar-refractivity contribution in [2.45, 2.75) is 0 Å². The lowest BCUT2D eigenvalue weighted by Gasteiger charge is -2.17. The summed E-state index contributed by atoms with van der Waals surface area (Å²) in [5.41, 5.74) is 2.93. The Kier molecular flexibility index (Phi) is 2.09. The third-order valence-corrected chi connectivity index (χ3v) is 3.43. The van der Waals surface area contributed by atoms with E-state index in [1.165, 1.54) is 0 Å². The molecule has 19 heavy (non-hydrogen) atoms. The molecule has 0 aliphatic carbocycles. The quantitative estimate of drug-likeness (QED) is 0.651. The average molecular weight is 249 g/mol. The summed E-state index contributed by atoms with van der Waals surface area (Å²) in [6.45, 7) is 2.03. The minimum absolute atomic E-state index is 0.930. The molecule has 0 atom stereocenters. The van der Waals surface area contributed by atoms with Crippen molar-refractivity contribution in [3.05, 3.63) is 61.5 Å². The SMILES string of the molecule is CN1[CH]N(c2cccc3c2oc2ccccc23)C=C1. The fourth-order valence-corrected chi connectivity index (χ4v) is 2.53. The Balaban J connectivity index is 1.99. The Morgan fingerprint density at radius 2 is 1.74 bits per heavy atom. The van der Waals surface area contributed by atoms with Gasteiger partial charge < -0.3 is 14.2 Å². The molecule has 93 valence electrons. The third-order valence-electron chi connectivity index (χ3n) is 3.43. The minimum atomic E-state index is 0.930. The summed E-state index contributed by atoms with van der Waals surface area (Å²) >= 11 is 0. The zero-order chi connectivity index (χ0) is 12.8. The summed E-state index contributed by atoms with van der Waals surface area (Å²) in [4.78, 5) is 4.09. The van der Waals surface area contributed by atoms with Gasteiger partial charge in [-0.05, 0) is 12.1 Å². The van der Waals surface area contributed by atoms with Crippen LogP contribution in [0.5, 0.6) is 0 Å². The van der Waals surface area contributed by atoms with Gasteiger partial charge in [0.25, 0.3) is 0 Å². The molecule has 4 rings (SSSR count). The van der Waals surface area contributed by atoms with E-state index in [1.54, 1.807) is 0 Å². The summed E-state index contributed by atoms with van der Waals surface area (Å²) in [6, 6.07) is 14.4. The van der Waals surface area contributed by atoms with Crippen molar-refractivity contribution in [1.82, 2.24) is 4.90 Å². The Morgan fingerprint density at radius 1 is 0.895 bits per heavy atom. The number of furan rings is 1. The second-order valence-corrected chi connectivity index (χ2v) is 4.74. The van der Waals surface area contributed by atoms with Crippen LogP contribution >= 0.6 is 0 Å². The van der Waals surface area contributed by atoms with E-state index < -0.39 is 0 Å². The zero-order valence-corrected chi connectivity index (χ0v) is 10.6. The van der Waals surface area contributed by atoms with E-state index in [-0.39, 0.29) is 0 Å². The number of nitrogens with zero attached hydrogens (tertiary/aromatic N) is 2. The average Bonchev–Trinajstić information content (AvgIpc) is 3.02. The van der Waals surface area contributed by atoms with Crippen molar-refractivity contribution in [2.75, 3.05) is 11.9 Å². The van der Waals surface area contributed by atoms with Crippen LogP contribution in [-0.4, -0.2) is 11.9 Å². The molecular weight excluding hydrogens is 236 g/mol. The predicted octanol–water partition coefficient (Wildman–Crippen LogP) is 3.93. The lowest BCUT2D eigenvalue weighted by atomic mass is 10.1. The summed E-state index contributed by atoms with van der Waals surface area (Å²) < 4.78 is 6.02. The normalized spacial score (nSPS) is 15.0. The van der Waals surface area contributed by atoms with Gasteiger partial charge in [-0.1, -0.05) is 30.3 Å². The molecule has 0 N–H and O–H groups in total. The van der Waals surface area contributed by atoms with E-state index in [4.69, 9.17) is 4.42 Å². The van der Waals surface area contributed by atoms with Crippen molar-refractivity contribution in [2.24, 2.45) is 0 Å². The van der Waals surface area contributed by atoms with E-state index >= 15 is 0 Å². The number of hydrogen-bond donors (Lipinski definition) is 0. The van der Waals surface area contributed by atoms with E-state index in [0.29, 0.717) is 0 Å². The highest BCUT2D eigenvalue weighted by molar-refractivity contribution is 6.09. The minimum Gasteiger partial charge on any atom is -0.454 e. The first kappa shape index (κ1) is 10.5. The second kappa shape index (κ2) is 3.79. The van der Waals surface area contributed by atoms with Gasteiger partial charge in [-0.3, -0.25) is 0 Å². The second-order valence-electron chi connectivity index (χ2n) is 4.74. The molecule has 0 saturated heterocycles. The van der Waals surface area contributed by atoms with Crippen LogP contribution < -0.4 is 4.90 Å². The van der Waals surface area contributed by atoms with E-state index in [9.17, 15) is 0 Å². The maximum Gasteiger partial charge on any atom is 0.159 e. The van der Waals surface area contributed by atoms with Crippen LogP contribution in [0.15, 0.2) is 59.3 Å². The van der Waals surface area contributed by atoms with Gasteiger partial charge in [-0.25, -0.2) is 0 Å². The highest BCUT2D eigenvalue weighted by atomic mass is 16.3. The highest BCUT2D eigenvalue weighted by Crippen LogP contribution is 2.36. The van der Waals surface area contributed by atoms with Gasteiger partial charge in [0, 0.05) is 30.2 Å². The van der Waals surface area contributed by atoms with Crippen LogP contribution in [0.2, 0.25) is 0 Å². The Hall–Kier alpha value is -2.42. The van der Waals surface area contributed by atoms with Crippen LogP contribution in [0, 0.1) is 6.67 Å². The van der Waals surface area contributed by atoms with Crippen LogP contribution in [0.1, 0.15) is 0 Å². The van der Waals surface area contributed by atoms with Crippen LogP contribution in [0.3, 0.4) is 0 Å². The Labute approximate surface area is 111 Å². The van der Waals surface area contributed by atoms with E-state index in [1.807, 2.05) is 49.2 Å². The van der Waals surface area contributed by atoms with Gasteiger partial charge in [0.2, 0.25) is 0 Å². The molecule has 2 aromatic carbocycles. The van der Waals surface area contributed by atoms with Gasteiger partial charge in [-0.2, -0.15) is 0 Å². The molecule has 1 aliphatic rings. The largest absolute Gasteiger partial charge is 0.454 e. The first-order chi connectivity index (χ1) is 9.33. The number of fused-ring (bicyclic) bond motifs is 3. The van der Waals surface area contributed by atoms with Gasteiger partial charge in [0.1, 0.15) is 12.3 Å². The lowest BCUT2D eigenvalue weighted by Crippen LogP contribution is -2.14. The van der Waals surface area contributed by atoms with E-state index in [0.717, 1.165) is 27.6 Å². The number of para-hydroxylation sites is 2. The smallest absolute Gasteiger partial charge is 0.159 e. The molecule has 0 spiro atoms. The standard InChI is InChI=1S/C16H13N2O/c1-17-9-10-18(11-17)14-7-4-6-13-12-5-2-3-8-15(12)19-16(13)14/h2-11H,1H3. The molecule has 0 saturated carbocycles. The topological polar surface area (TPSA) is 19.6 Å². The maximum atomic E-state index is 6.02. The van der Waals surface area contributed by atoms with Crippen molar-refractivity contribution >= 4 is 27.6 Å². The molecule has 0 fully saturated rings. The first-order valence-corrected chi connectivity index (χ1v) is 6.27. The molecular formula is C16H13N2O. The Morgan fingerprint density at radius 3 is 2.58 bits per heavy atom. The van der Waals surface area contributed by atoms with Crippen molar-refractivity contribution < 1.29 is 4.42 Å².